The standard InChI is InChI=1S/C19H25NO4/c1-22-14-5-4-12-10-15-19(24-3)7-6-13(21)11-18(19,8-9-20-15)16(12)17(14)23-2/h4-5,15,20H,6-11H2,1-3H3/t15-,18-,19-/m1/s1. The number of hydrogen-bond acceptors (Lipinski definition) is 5. The Balaban J connectivity index is 2.03. The Morgan fingerprint density at radius 1 is 1.17 bits per heavy atom. The van der Waals surface area contributed by atoms with Crippen molar-refractivity contribution in [3.63, 3.8) is 0 Å². The van der Waals surface area contributed by atoms with Crippen molar-refractivity contribution in [1.82, 2.24) is 5.32 Å². The van der Waals surface area contributed by atoms with Crippen molar-refractivity contribution < 1.29 is 19.0 Å². The van der Waals surface area contributed by atoms with Crippen molar-refractivity contribution in [2.45, 2.75) is 49.2 Å². The van der Waals surface area contributed by atoms with E-state index in [1.54, 1.807) is 21.3 Å². The van der Waals surface area contributed by atoms with Gasteiger partial charge in [0.25, 0.3) is 0 Å². The van der Waals surface area contributed by atoms with Gasteiger partial charge < -0.3 is 19.5 Å². The van der Waals surface area contributed by atoms with E-state index in [0.29, 0.717) is 18.6 Å². The summed E-state index contributed by atoms with van der Waals surface area (Å²) >= 11 is 0. The zero-order valence-electron chi connectivity index (χ0n) is 14.6. The van der Waals surface area contributed by atoms with Gasteiger partial charge in [-0.25, -0.2) is 0 Å². The van der Waals surface area contributed by atoms with E-state index in [-0.39, 0.29) is 17.1 Å². The maximum absolute atomic E-state index is 12.5. The largest absolute Gasteiger partial charge is 0.493 e. The summed E-state index contributed by atoms with van der Waals surface area (Å²) in [4.78, 5) is 12.5. The third kappa shape index (κ3) is 1.80. The molecule has 2 fully saturated rings. The highest BCUT2D eigenvalue weighted by Gasteiger charge is 2.65. The molecule has 1 heterocycles. The second kappa shape index (κ2) is 5.46. The molecule has 1 aromatic rings. The highest BCUT2D eigenvalue weighted by molar-refractivity contribution is 5.83. The van der Waals surface area contributed by atoms with Crippen molar-refractivity contribution in [1.29, 1.82) is 0 Å². The number of rotatable bonds is 3. The van der Waals surface area contributed by atoms with Crippen LogP contribution in [0.4, 0.5) is 0 Å². The molecular weight excluding hydrogens is 306 g/mol. The van der Waals surface area contributed by atoms with E-state index in [4.69, 9.17) is 14.2 Å². The minimum Gasteiger partial charge on any atom is -0.493 e. The summed E-state index contributed by atoms with van der Waals surface area (Å²) in [6, 6.07) is 4.32. The van der Waals surface area contributed by atoms with E-state index in [1.165, 1.54) is 5.56 Å². The topological polar surface area (TPSA) is 56.8 Å². The fraction of sp³-hybridized carbons (Fsp3) is 0.632. The first-order chi connectivity index (χ1) is 11.6. The number of fused-ring (bicyclic) bond motifs is 1. The fourth-order valence-corrected chi connectivity index (χ4v) is 5.56. The molecule has 1 saturated carbocycles. The molecule has 3 aliphatic rings. The normalized spacial score (nSPS) is 34.3. The molecule has 5 heteroatoms. The number of ketones is 1. The Morgan fingerprint density at radius 2 is 2.00 bits per heavy atom. The molecule has 4 rings (SSSR count). The Kier molecular flexibility index (Phi) is 3.62. The van der Waals surface area contributed by atoms with Crippen LogP contribution in [0, 0.1) is 0 Å². The van der Waals surface area contributed by atoms with Gasteiger partial charge in [0.15, 0.2) is 11.5 Å². The lowest BCUT2D eigenvalue weighted by atomic mass is 9.49. The number of ether oxygens (including phenoxy) is 3. The summed E-state index contributed by atoms with van der Waals surface area (Å²) in [5.41, 5.74) is 1.69. The van der Waals surface area contributed by atoms with Gasteiger partial charge in [0.1, 0.15) is 5.78 Å². The summed E-state index contributed by atoms with van der Waals surface area (Å²) < 4.78 is 17.5. The van der Waals surface area contributed by atoms with Crippen LogP contribution in [0.1, 0.15) is 36.8 Å². The molecule has 0 radical (unpaired) electrons. The van der Waals surface area contributed by atoms with Gasteiger partial charge in [-0.15, -0.1) is 0 Å². The Morgan fingerprint density at radius 3 is 2.71 bits per heavy atom. The molecule has 3 atom stereocenters. The molecule has 1 aliphatic heterocycles. The van der Waals surface area contributed by atoms with Crippen LogP contribution in [-0.4, -0.2) is 45.3 Å². The monoisotopic (exact) mass is 331 g/mol. The van der Waals surface area contributed by atoms with Crippen LogP contribution < -0.4 is 14.8 Å². The Labute approximate surface area is 142 Å². The summed E-state index contributed by atoms with van der Waals surface area (Å²) in [5.74, 6) is 1.82. The average Bonchev–Trinajstić information content (AvgIpc) is 2.60. The number of methoxy groups -OCH3 is 3. The van der Waals surface area contributed by atoms with E-state index in [9.17, 15) is 4.79 Å². The van der Waals surface area contributed by atoms with E-state index in [0.717, 1.165) is 42.9 Å². The molecular formula is C19H25NO4. The van der Waals surface area contributed by atoms with Crippen molar-refractivity contribution >= 4 is 5.78 Å². The number of benzene rings is 1. The lowest BCUT2D eigenvalue weighted by Gasteiger charge is -2.62. The van der Waals surface area contributed by atoms with E-state index in [2.05, 4.69) is 11.4 Å². The van der Waals surface area contributed by atoms with Gasteiger partial charge in [0.2, 0.25) is 0 Å². The van der Waals surface area contributed by atoms with E-state index >= 15 is 0 Å². The molecule has 1 saturated heterocycles. The van der Waals surface area contributed by atoms with Gasteiger partial charge in [-0.05, 0) is 37.4 Å². The molecule has 0 aromatic heterocycles. The summed E-state index contributed by atoms with van der Waals surface area (Å²) in [6.45, 7) is 0.892. The molecule has 24 heavy (non-hydrogen) atoms. The summed E-state index contributed by atoms with van der Waals surface area (Å²) in [5, 5.41) is 3.65. The van der Waals surface area contributed by atoms with Crippen molar-refractivity contribution in [3.05, 3.63) is 23.3 Å². The zero-order valence-corrected chi connectivity index (χ0v) is 14.6. The number of Topliss-reactive ketones (excluding diaryl/α,β-unsaturated/α-hetero) is 1. The Bertz CT molecular complexity index is 688. The minimum atomic E-state index is -0.355. The number of piperidine rings is 1. The number of hydrogen-bond donors (Lipinski definition) is 1. The molecule has 2 aliphatic carbocycles. The molecule has 2 bridgehead atoms. The molecule has 1 N–H and O–H groups in total. The number of nitrogens with one attached hydrogen (secondary N) is 1. The van der Waals surface area contributed by atoms with Crippen LogP contribution in [0.3, 0.4) is 0 Å². The molecule has 130 valence electrons. The molecule has 1 aromatic carbocycles. The molecule has 5 nitrogen and oxygen atoms in total. The van der Waals surface area contributed by atoms with Gasteiger partial charge in [-0.2, -0.15) is 0 Å². The molecule has 0 unspecified atom stereocenters. The number of carbonyl (C=O) groups is 1. The zero-order chi connectivity index (χ0) is 16.9. The first-order valence-corrected chi connectivity index (χ1v) is 8.66. The maximum atomic E-state index is 12.5. The number of carbonyl (C=O) groups excluding carboxylic acids is 1. The second-order valence-corrected chi connectivity index (χ2v) is 7.19. The van der Waals surface area contributed by atoms with E-state index < -0.39 is 0 Å². The lowest BCUT2D eigenvalue weighted by Crippen LogP contribution is -2.73. The Hall–Kier alpha value is -1.59. The van der Waals surface area contributed by atoms with E-state index in [1.807, 2.05) is 6.07 Å². The van der Waals surface area contributed by atoms with Crippen LogP contribution in [0.5, 0.6) is 11.5 Å². The van der Waals surface area contributed by atoms with Crippen LogP contribution >= 0.6 is 0 Å². The van der Waals surface area contributed by atoms with Crippen molar-refractivity contribution in [2.75, 3.05) is 27.9 Å². The van der Waals surface area contributed by atoms with Crippen LogP contribution in [0.2, 0.25) is 0 Å². The summed E-state index contributed by atoms with van der Waals surface area (Å²) in [6.07, 6.45) is 3.64. The fourth-order valence-electron chi connectivity index (χ4n) is 5.56. The quantitative estimate of drug-likeness (QED) is 0.918. The predicted octanol–water partition coefficient (Wildman–Crippen LogP) is 2.00. The lowest BCUT2D eigenvalue weighted by molar-refractivity contribution is -0.161. The summed E-state index contributed by atoms with van der Waals surface area (Å²) in [7, 11) is 5.13. The second-order valence-electron chi connectivity index (χ2n) is 7.19. The van der Waals surface area contributed by atoms with Gasteiger partial charge in [0, 0.05) is 37.0 Å². The molecule has 0 amide bonds. The molecule has 0 spiro atoms. The van der Waals surface area contributed by atoms with Crippen molar-refractivity contribution in [3.8, 4) is 11.5 Å². The highest BCUT2D eigenvalue weighted by Crippen LogP contribution is 2.60. The van der Waals surface area contributed by atoms with Gasteiger partial charge in [-0.3, -0.25) is 4.79 Å². The first kappa shape index (κ1) is 15.9. The first-order valence-electron chi connectivity index (χ1n) is 8.66. The average molecular weight is 331 g/mol. The van der Waals surface area contributed by atoms with Gasteiger partial charge in [0.05, 0.1) is 19.8 Å². The van der Waals surface area contributed by atoms with Gasteiger partial charge in [-0.1, -0.05) is 6.07 Å². The van der Waals surface area contributed by atoms with Gasteiger partial charge >= 0.3 is 0 Å². The highest BCUT2D eigenvalue weighted by atomic mass is 16.5. The predicted molar refractivity (Wildman–Crippen MR) is 89.9 cm³/mol. The van der Waals surface area contributed by atoms with Crippen LogP contribution in [-0.2, 0) is 21.4 Å². The SMILES string of the molecule is COc1ccc2c(c1OC)[C@]13CCN[C@H](C2)[C@]1(OC)CCC(=O)C3. The smallest absolute Gasteiger partial charge is 0.164 e. The van der Waals surface area contributed by atoms with Crippen LogP contribution in [0.15, 0.2) is 12.1 Å². The third-order valence-electron chi connectivity index (χ3n) is 6.49. The van der Waals surface area contributed by atoms with Crippen molar-refractivity contribution in [2.24, 2.45) is 0 Å². The minimum absolute atomic E-state index is 0.231. The van der Waals surface area contributed by atoms with Crippen LogP contribution in [0.25, 0.3) is 0 Å². The third-order valence-corrected chi connectivity index (χ3v) is 6.49. The maximum Gasteiger partial charge on any atom is 0.164 e.